The molecule has 2 heterocycles. The van der Waals surface area contributed by atoms with Gasteiger partial charge in [0.15, 0.2) is 6.23 Å². The summed E-state index contributed by atoms with van der Waals surface area (Å²) < 4.78 is 24.6. The Balaban J connectivity index is 0.00000512. The Kier molecular flexibility index (Phi) is 9.97. The molecule has 0 aromatic carbocycles. The molecular weight excluding hydrogens is 455 g/mol. The lowest BCUT2D eigenvalue weighted by molar-refractivity contribution is -0.155. The highest BCUT2D eigenvalue weighted by atomic mass is 35.5. The lowest BCUT2D eigenvalue weighted by Crippen LogP contribution is -2.51. The summed E-state index contributed by atoms with van der Waals surface area (Å²) in [5.74, 6) is -2.93. The van der Waals surface area contributed by atoms with Crippen molar-refractivity contribution in [3.63, 3.8) is 0 Å². The van der Waals surface area contributed by atoms with Crippen molar-refractivity contribution >= 4 is 24.3 Å². The molecule has 2 unspecified atom stereocenters. The van der Waals surface area contributed by atoms with E-state index in [1.54, 1.807) is 11.9 Å². The lowest BCUT2D eigenvalue weighted by Gasteiger charge is -2.24. The highest BCUT2D eigenvalue weighted by Gasteiger charge is 2.45. The number of amides is 1. The Labute approximate surface area is 188 Å². The number of aromatic amines is 1. The smallest absolute Gasteiger partial charge is 0.330 e. The van der Waals surface area contributed by atoms with Gasteiger partial charge in [0, 0.05) is 0 Å². The average molecular weight is 483 g/mol. The summed E-state index contributed by atoms with van der Waals surface area (Å²) in [5.41, 5.74) is 3.21. The van der Waals surface area contributed by atoms with Gasteiger partial charge in [0.1, 0.15) is 31.0 Å². The number of carbonyl (C=O) groups excluding carboxylic acids is 2. The van der Waals surface area contributed by atoms with Crippen LogP contribution in [0.25, 0.3) is 0 Å². The summed E-state index contributed by atoms with van der Waals surface area (Å²) in [7, 11) is 0. The van der Waals surface area contributed by atoms with E-state index in [9.17, 15) is 33.8 Å². The molecule has 0 bridgehead atoms. The molecule has 1 fully saturated rings. The van der Waals surface area contributed by atoms with Gasteiger partial charge in [0.25, 0.3) is 5.56 Å². The summed E-state index contributed by atoms with van der Waals surface area (Å²) in [6.07, 6.45) is -4.95. The SMILES string of the molecule is CC[C@H](C)[C@H](NC(=O)[C@H](C)N)C(=O)OC[C@@H]1O[C@H](n2cc(F)c(=O)[nH]c2=O)C(O)C1O.Cl. The topological polar surface area (TPSA) is 186 Å². The van der Waals surface area contributed by atoms with Gasteiger partial charge in [-0.25, -0.2) is 9.59 Å². The minimum absolute atomic E-state index is 0. The van der Waals surface area contributed by atoms with Crippen LogP contribution in [-0.2, 0) is 19.1 Å². The highest BCUT2D eigenvalue weighted by Crippen LogP contribution is 2.28. The number of H-pyrrole nitrogens is 1. The van der Waals surface area contributed by atoms with Crippen molar-refractivity contribution in [3.05, 3.63) is 32.9 Å². The Morgan fingerprint density at radius 3 is 2.53 bits per heavy atom. The Hall–Kier alpha value is -2.32. The highest BCUT2D eigenvalue weighted by molar-refractivity contribution is 5.87. The van der Waals surface area contributed by atoms with Crippen LogP contribution in [0.1, 0.15) is 33.4 Å². The molecule has 1 aliphatic heterocycles. The fourth-order valence-electron chi connectivity index (χ4n) is 2.95. The van der Waals surface area contributed by atoms with Crippen LogP contribution in [0.4, 0.5) is 4.39 Å². The molecule has 0 aliphatic carbocycles. The molecular formula is C18H28ClFN4O8. The van der Waals surface area contributed by atoms with Gasteiger partial charge in [-0.2, -0.15) is 4.39 Å². The van der Waals surface area contributed by atoms with Gasteiger partial charge in [-0.05, 0) is 12.8 Å². The zero-order valence-electron chi connectivity index (χ0n) is 17.7. The molecule has 0 radical (unpaired) electrons. The number of aromatic nitrogens is 2. The molecule has 1 amide bonds. The van der Waals surface area contributed by atoms with E-state index in [1.807, 2.05) is 6.92 Å². The second-order valence-electron chi connectivity index (χ2n) is 7.48. The first kappa shape index (κ1) is 27.7. The molecule has 6 N–H and O–H groups in total. The van der Waals surface area contributed by atoms with Gasteiger partial charge in [0.05, 0.1) is 12.2 Å². The van der Waals surface area contributed by atoms with Crippen LogP contribution in [0.2, 0.25) is 0 Å². The summed E-state index contributed by atoms with van der Waals surface area (Å²) >= 11 is 0. The second kappa shape index (κ2) is 11.5. The molecule has 32 heavy (non-hydrogen) atoms. The molecule has 0 saturated carbocycles. The molecule has 1 saturated heterocycles. The number of nitrogens with two attached hydrogens (primary N) is 1. The number of hydrogen-bond donors (Lipinski definition) is 5. The monoisotopic (exact) mass is 482 g/mol. The predicted molar refractivity (Wildman–Crippen MR) is 110 cm³/mol. The van der Waals surface area contributed by atoms with Gasteiger partial charge in [-0.15, -0.1) is 12.4 Å². The van der Waals surface area contributed by atoms with Gasteiger partial charge in [-0.3, -0.25) is 19.1 Å². The van der Waals surface area contributed by atoms with Gasteiger partial charge in [0.2, 0.25) is 11.7 Å². The van der Waals surface area contributed by atoms with Crippen molar-refractivity contribution in [1.29, 1.82) is 0 Å². The number of nitrogens with one attached hydrogen (secondary N) is 2. The zero-order valence-corrected chi connectivity index (χ0v) is 18.5. The number of carbonyl (C=O) groups is 2. The quantitative estimate of drug-likeness (QED) is 0.265. The number of esters is 1. The lowest BCUT2D eigenvalue weighted by atomic mass is 9.99. The summed E-state index contributed by atoms with van der Waals surface area (Å²) in [6, 6.07) is -1.84. The third-order valence-corrected chi connectivity index (χ3v) is 5.10. The molecule has 182 valence electrons. The number of halogens is 2. The van der Waals surface area contributed by atoms with Gasteiger partial charge >= 0.3 is 11.7 Å². The summed E-state index contributed by atoms with van der Waals surface area (Å²) in [6.45, 7) is 4.48. The maximum atomic E-state index is 13.5. The number of hydrogen-bond acceptors (Lipinski definition) is 9. The van der Waals surface area contributed by atoms with E-state index in [-0.39, 0.29) is 18.3 Å². The maximum Gasteiger partial charge on any atom is 0.330 e. The van der Waals surface area contributed by atoms with Crippen LogP contribution in [0.3, 0.4) is 0 Å². The van der Waals surface area contributed by atoms with E-state index in [1.165, 1.54) is 6.92 Å². The number of nitrogens with zero attached hydrogens (tertiary/aromatic N) is 1. The van der Waals surface area contributed by atoms with Crippen molar-refractivity contribution in [2.75, 3.05) is 6.61 Å². The van der Waals surface area contributed by atoms with Crippen molar-refractivity contribution in [2.45, 2.75) is 63.8 Å². The van der Waals surface area contributed by atoms with Crippen LogP contribution in [0.5, 0.6) is 0 Å². The Morgan fingerprint density at radius 2 is 1.97 bits per heavy atom. The molecule has 1 aromatic heterocycles. The third kappa shape index (κ3) is 6.13. The van der Waals surface area contributed by atoms with E-state index in [2.05, 4.69) is 5.32 Å². The Morgan fingerprint density at radius 1 is 1.34 bits per heavy atom. The minimum atomic E-state index is -1.67. The van der Waals surface area contributed by atoms with Crippen LogP contribution in [0.15, 0.2) is 15.8 Å². The number of ether oxygens (including phenoxy) is 2. The van der Waals surface area contributed by atoms with Crippen molar-refractivity contribution in [1.82, 2.24) is 14.9 Å². The first-order chi connectivity index (χ1) is 14.5. The van der Waals surface area contributed by atoms with E-state index >= 15 is 0 Å². The molecule has 12 nitrogen and oxygen atoms in total. The largest absolute Gasteiger partial charge is 0.461 e. The normalized spacial score (nSPS) is 25.3. The fraction of sp³-hybridized carbons (Fsp3) is 0.667. The van der Waals surface area contributed by atoms with E-state index < -0.39 is 72.2 Å². The van der Waals surface area contributed by atoms with Crippen molar-refractivity contribution in [2.24, 2.45) is 11.7 Å². The predicted octanol–water partition coefficient (Wildman–Crippen LogP) is -1.86. The van der Waals surface area contributed by atoms with Gasteiger partial charge in [-0.1, -0.05) is 20.3 Å². The first-order valence-corrected chi connectivity index (χ1v) is 9.73. The minimum Gasteiger partial charge on any atom is -0.461 e. The van der Waals surface area contributed by atoms with Crippen LogP contribution in [-0.4, -0.2) is 68.6 Å². The first-order valence-electron chi connectivity index (χ1n) is 9.73. The second-order valence-corrected chi connectivity index (χ2v) is 7.48. The summed E-state index contributed by atoms with van der Waals surface area (Å²) in [5, 5.41) is 22.9. The number of aliphatic hydroxyl groups is 2. The fourth-order valence-corrected chi connectivity index (χ4v) is 2.95. The van der Waals surface area contributed by atoms with Crippen LogP contribution >= 0.6 is 12.4 Å². The molecule has 1 aromatic rings. The molecule has 0 spiro atoms. The third-order valence-electron chi connectivity index (χ3n) is 5.10. The van der Waals surface area contributed by atoms with E-state index in [4.69, 9.17) is 15.2 Å². The molecule has 7 atom stereocenters. The number of aliphatic hydroxyl groups excluding tert-OH is 2. The molecule has 1 aliphatic rings. The van der Waals surface area contributed by atoms with E-state index in [0.29, 0.717) is 17.2 Å². The Bertz CT molecular complexity index is 923. The number of rotatable bonds is 8. The standard InChI is InChI=1S/C18H27FN4O8.ClH/c1-4-7(2)11(21-14(26)8(3)20)17(28)30-6-10-12(24)13(25)16(31-10)23-5-9(19)15(27)22-18(23)29;/h5,7-8,10-13,16,24-25H,4,6,20H2,1-3H3,(H,21,26)(H,22,27,29);1H/t7-,8-,10-,11-,12?,13?,16-;/m0./s1. The molecule has 2 rings (SSSR count). The van der Waals surface area contributed by atoms with Crippen LogP contribution < -0.4 is 22.3 Å². The van der Waals surface area contributed by atoms with Crippen molar-refractivity contribution in [3.8, 4) is 0 Å². The van der Waals surface area contributed by atoms with Crippen LogP contribution in [0, 0.1) is 11.7 Å². The average Bonchev–Trinajstić information content (AvgIpc) is 3.00. The van der Waals surface area contributed by atoms with Crippen molar-refractivity contribution < 1.29 is 33.7 Å². The van der Waals surface area contributed by atoms with Gasteiger partial charge < -0.3 is 30.7 Å². The zero-order chi connectivity index (χ0) is 23.5. The summed E-state index contributed by atoms with van der Waals surface area (Å²) in [4.78, 5) is 49.2. The maximum absolute atomic E-state index is 13.5. The van der Waals surface area contributed by atoms with E-state index in [0.717, 1.165) is 0 Å². The molecule has 14 heteroatoms.